The molecular weight excluding hydrogens is 142 g/mol. The molecule has 0 aliphatic heterocycles. The lowest BCUT2D eigenvalue weighted by Gasteiger charge is -1.99. The van der Waals surface area contributed by atoms with E-state index in [0.29, 0.717) is 17.6 Å². The predicted molar refractivity (Wildman–Crippen MR) is 44.7 cm³/mol. The third-order valence-electron chi connectivity index (χ3n) is 1.08. The number of hydrogen-bond donors (Lipinski definition) is 0. The van der Waals surface area contributed by atoms with Crippen LogP contribution in [0.4, 0.5) is 0 Å². The quantitative estimate of drug-likeness (QED) is 0.198. The third kappa shape index (κ3) is 2.80. The Morgan fingerprint density at radius 1 is 1.64 bits per heavy atom. The molecule has 0 radical (unpaired) electrons. The number of rotatable bonds is 4. The lowest BCUT2D eigenvalue weighted by Crippen LogP contribution is -1.94. The SMILES string of the molecule is C=C/C(OC)=C(/C=O)C=NC. The van der Waals surface area contributed by atoms with Gasteiger partial charge >= 0.3 is 0 Å². The summed E-state index contributed by atoms with van der Waals surface area (Å²) in [4.78, 5) is 14.1. The summed E-state index contributed by atoms with van der Waals surface area (Å²) in [6.45, 7) is 3.48. The molecule has 3 heteroatoms. The van der Waals surface area contributed by atoms with E-state index in [9.17, 15) is 4.79 Å². The molecule has 0 amide bonds. The van der Waals surface area contributed by atoms with Crippen LogP contribution in [0.2, 0.25) is 0 Å². The zero-order valence-corrected chi connectivity index (χ0v) is 6.70. The predicted octanol–water partition coefficient (Wildman–Crippen LogP) is 0.972. The second-order valence-electron chi connectivity index (χ2n) is 1.73. The average molecular weight is 153 g/mol. The lowest BCUT2D eigenvalue weighted by molar-refractivity contribution is -0.104. The molecule has 0 bridgehead atoms. The van der Waals surface area contributed by atoms with Crippen LogP contribution in [0.15, 0.2) is 29.0 Å². The molecule has 0 N–H and O–H groups in total. The molecule has 0 unspecified atom stereocenters. The first-order chi connectivity index (χ1) is 5.29. The topological polar surface area (TPSA) is 38.7 Å². The number of aliphatic imine (C=N–C) groups is 1. The average Bonchev–Trinajstić information content (AvgIpc) is 2.05. The first-order valence-electron chi connectivity index (χ1n) is 3.08. The Labute approximate surface area is 66.1 Å². The van der Waals surface area contributed by atoms with Gasteiger partial charge in [-0.3, -0.25) is 9.79 Å². The maximum absolute atomic E-state index is 10.4. The Morgan fingerprint density at radius 2 is 2.27 bits per heavy atom. The summed E-state index contributed by atoms with van der Waals surface area (Å²) in [5, 5.41) is 0. The van der Waals surface area contributed by atoms with Crippen molar-refractivity contribution >= 4 is 12.5 Å². The van der Waals surface area contributed by atoms with Gasteiger partial charge in [-0.15, -0.1) is 0 Å². The van der Waals surface area contributed by atoms with E-state index in [4.69, 9.17) is 4.74 Å². The fraction of sp³-hybridized carbons (Fsp3) is 0.250. The van der Waals surface area contributed by atoms with Crippen LogP contribution in [0.25, 0.3) is 0 Å². The molecule has 0 fully saturated rings. The number of carbonyl (C=O) groups excluding carboxylic acids is 1. The minimum Gasteiger partial charge on any atom is -0.496 e. The van der Waals surface area contributed by atoms with Gasteiger partial charge in [0.15, 0.2) is 6.29 Å². The van der Waals surface area contributed by atoms with E-state index >= 15 is 0 Å². The Hall–Kier alpha value is -1.38. The number of ether oxygens (including phenoxy) is 1. The summed E-state index contributed by atoms with van der Waals surface area (Å²) in [6, 6.07) is 0. The Bertz CT molecular complexity index is 204. The van der Waals surface area contributed by atoms with Gasteiger partial charge in [-0.05, 0) is 6.08 Å². The van der Waals surface area contributed by atoms with Crippen LogP contribution in [-0.4, -0.2) is 26.7 Å². The van der Waals surface area contributed by atoms with Crippen molar-refractivity contribution in [2.75, 3.05) is 14.2 Å². The Kier molecular flexibility index (Phi) is 4.73. The van der Waals surface area contributed by atoms with Crippen molar-refractivity contribution in [2.45, 2.75) is 0 Å². The van der Waals surface area contributed by atoms with Crippen molar-refractivity contribution in [3.8, 4) is 0 Å². The molecule has 60 valence electrons. The summed E-state index contributed by atoms with van der Waals surface area (Å²) >= 11 is 0. The van der Waals surface area contributed by atoms with E-state index in [1.165, 1.54) is 19.4 Å². The highest BCUT2D eigenvalue weighted by Gasteiger charge is 1.98. The zero-order valence-electron chi connectivity index (χ0n) is 6.70. The monoisotopic (exact) mass is 153 g/mol. The number of carbonyl (C=O) groups is 1. The maximum Gasteiger partial charge on any atom is 0.155 e. The molecule has 0 aromatic carbocycles. The number of allylic oxidation sites excluding steroid dienone is 2. The number of methoxy groups -OCH3 is 1. The van der Waals surface area contributed by atoms with Gasteiger partial charge in [0.2, 0.25) is 0 Å². The van der Waals surface area contributed by atoms with Crippen molar-refractivity contribution < 1.29 is 9.53 Å². The molecule has 0 heterocycles. The fourth-order valence-electron chi connectivity index (χ4n) is 0.610. The minimum atomic E-state index is 0.394. The van der Waals surface area contributed by atoms with Gasteiger partial charge in [-0.2, -0.15) is 0 Å². The highest BCUT2D eigenvalue weighted by Crippen LogP contribution is 2.01. The first kappa shape index (κ1) is 9.62. The highest BCUT2D eigenvalue weighted by molar-refractivity contribution is 6.02. The van der Waals surface area contributed by atoms with Crippen LogP contribution in [0.1, 0.15) is 0 Å². The zero-order chi connectivity index (χ0) is 8.69. The van der Waals surface area contributed by atoms with Crippen LogP contribution in [0, 0.1) is 0 Å². The largest absolute Gasteiger partial charge is 0.496 e. The standard InChI is InChI=1S/C8H11NO2/c1-4-8(11-3)7(6-10)5-9-2/h4-6H,1H2,2-3H3/b8-7-,9-5?. The molecule has 0 rings (SSSR count). The van der Waals surface area contributed by atoms with Gasteiger partial charge in [-0.1, -0.05) is 6.58 Å². The van der Waals surface area contributed by atoms with E-state index < -0.39 is 0 Å². The van der Waals surface area contributed by atoms with Gasteiger partial charge in [0, 0.05) is 13.3 Å². The Morgan fingerprint density at radius 3 is 2.55 bits per heavy atom. The number of aldehydes is 1. The summed E-state index contributed by atoms with van der Waals surface area (Å²) in [7, 11) is 3.06. The van der Waals surface area contributed by atoms with Crippen LogP contribution < -0.4 is 0 Å². The second kappa shape index (κ2) is 5.41. The van der Waals surface area contributed by atoms with Crippen LogP contribution in [-0.2, 0) is 9.53 Å². The van der Waals surface area contributed by atoms with Crippen LogP contribution in [0.5, 0.6) is 0 Å². The van der Waals surface area contributed by atoms with Gasteiger partial charge in [0.25, 0.3) is 0 Å². The molecule has 0 aromatic heterocycles. The fourth-order valence-corrected chi connectivity index (χ4v) is 0.610. The maximum atomic E-state index is 10.4. The molecule has 0 atom stereocenters. The van der Waals surface area contributed by atoms with Crippen molar-refractivity contribution in [1.29, 1.82) is 0 Å². The van der Waals surface area contributed by atoms with E-state index in [1.807, 2.05) is 0 Å². The van der Waals surface area contributed by atoms with Gasteiger partial charge in [0.1, 0.15) is 5.76 Å². The molecule has 0 saturated heterocycles. The van der Waals surface area contributed by atoms with E-state index in [-0.39, 0.29) is 0 Å². The molecular formula is C8H11NO2. The smallest absolute Gasteiger partial charge is 0.155 e. The van der Waals surface area contributed by atoms with Crippen molar-refractivity contribution in [3.05, 3.63) is 24.0 Å². The number of nitrogens with zero attached hydrogens (tertiary/aromatic N) is 1. The third-order valence-corrected chi connectivity index (χ3v) is 1.08. The van der Waals surface area contributed by atoms with Crippen LogP contribution in [0.3, 0.4) is 0 Å². The normalized spacial score (nSPS) is 12.5. The Balaban J connectivity index is 4.75. The van der Waals surface area contributed by atoms with E-state index in [0.717, 1.165) is 0 Å². The first-order valence-corrected chi connectivity index (χ1v) is 3.08. The van der Waals surface area contributed by atoms with Crippen molar-refractivity contribution in [3.63, 3.8) is 0 Å². The van der Waals surface area contributed by atoms with E-state index in [2.05, 4.69) is 11.6 Å². The minimum absolute atomic E-state index is 0.394. The summed E-state index contributed by atoms with van der Waals surface area (Å²) < 4.78 is 4.84. The summed E-state index contributed by atoms with van der Waals surface area (Å²) in [5.74, 6) is 0.436. The van der Waals surface area contributed by atoms with Gasteiger partial charge in [0.05, 0.1) is 12.7 Å². The molecule has 0 aromatic rings. The molecule has 0 aliphatic carbocycles. The summed E-state index contributed by atoms with van der Waals surface area (Å²) in [5.41, 5.74) is 0.394. The molecule has 0 spiro atoms. The molecule has 3 nitrogen and oxygen atoms in total. The lowest BCUT2D eigenvalue weighted by atomic mass is 10.2. The van der Waals surface area contributed by atoms with Gasteiger partial charge < -0.3 is 4.74 Å². The van der Waals surface area contributed by atoms with E-state index in [1.54, 1.807) is 7.05 Å². The molecule has 0 saturated carbocycles. The van der Waals surface area contributed by atoms with Crippen molar-refractivity contribution in [1.82, 2.24) is 0 Å². The molecule has 11 heavy (non-hydrogen) atoms. The summed E-state index contributed by atoms with van der Waals surface area (Å²) in [6.07, 6.45) is 3.56. The van der Waals surface area contributed by atoms with Crippen LogP contribution >= 0.6 is 0 Å². The van der Waals surface area contributed by atoms with Gasteiger partial charge in [-0.25, -0.2) is 0 Å². The molecule has 0 aliphatic rings. The highest BCUT2D eigenvalue weighted by atomic mass is 16.5. The number of hydrogen-bond acceptors (Lipinski definition) is 3. The second-order valence-corrected chi connectivity index (χ2v) is 1.73. The van der Waals surface area contributed by atoms with Crippen molar-refractivity contribution in [2.24, 2.45) is 4.99 Å².